The lowest BCUT2D eigenvalue weighted by Gasteiger charge is -2.32. The van der Waals surface area contributed by atoms with E-state index in [4.69, 9.17) is 5.73 Å². The van der Waals surface area contributed by atoms with Crippen LogP contribution in [0.3, 0.4) is 0 Å². The molecule has 3 atom stereocenters. The Balaban J connectivity index is 1.68. The maximum atomic E-state index is 13.0. The minimum absolute atomic E-state index is 0.0334. The maximum Gasteiger partial charge on any atom is 0.240 e. The van der Waals surface area contributed by atoms with Crippen LogP contribution < -0.4 is 5.73 Å². The Morgan fingerprint density at radius 2 is 2.36 bits per heavy atom. The van der Waals surface area contributed by atoms with Crippen molar-refractivity contribution in [3.05, 3.63) is 22.4 Å². The zero-order valence-corrected chi connectivity index (χ0v) is 14.4. The van der Waals surface area contributed by atoms with Gasteiger partial charge in [-0.2, -0.15) is 0 Å². The SMILES string of the molecule is CC(C(=O)N1CCCC1c1cccs1)N1CCC(C)(CN)C1. The van der Waals surface area contributed by atoms with Crippen LogP contribution in [0, 0.1) is 5.41 Å². The van der Waals surface area contributed by atoms with Gasteiger partial charge in [0, 0.05) is 18.0 Å². The van der Waals surface area contributed by atoms with Crippen LogP contribution in [-0.4, -0.2) is 47.9 Å². The van der Waals surface area contributed by atoms with E-state index in [-0.39, 0.29) is 17.4 Å². The monoisotopic (exact) mass is 321 g/mol. The van der Waals surface area contributed by atoms with E-state index in [9.17, 15) is 4.79 Å². The fraction of sp³-hybridized carbons (Fsp3) is 0.706. The van der Waals surface area contributed by atoms with E-state index in [0.29, 0.717) is 12.6 Å². The van der Waals surface area contributed by atoms with Gasteiger partial charge in [0.25, 0.3) is 0 Å². The van der Waals surface area contributed by atoms with Gasteiger partial charge in [-0.05, 0) is 56.1 Å². The smallest absolute Gasteiger partial charge is 0.240 e. The molecule has 22 heavy (non-hydrogen) atoms. The third-order valence-corrected chi connectivity index (χ3v) is 6.37. The number of likely N-dealkylation sites (tertiary alicyclic amines) is 2. The molecule has 0 aliphatic carbocycles. The van der Waals surface area contributed by atoms with Crippen molar-refractivity contribution in [2.75, 3.05) is 26.2 Å². The van der Waals surface area contributed by atoms with Crippen LogP contribution in [0.25, 0.3) is 0 Å². The highest BCUT2D eigenvalue weighted by atomic mass is 32.1. The van der Waals surface area contributed by atoms with Gasteiger partial charge >= 0.3 is 0 Å². The second kappa shape index (κ2) is 6.30. The molecule has 1 aromatic heterocycles. The van der Waals surface area contributed by atoms with Crippen molar-refractivity contribution in [3.8, 4) is 0 Å². The van der Waals surface area contributed by atoms with Crippen molar-refractivity contribution in [2.45, 2.75) is 45.2 Å². The summed E-state index contributed by atoms with van der Waals surface area (Å²) in [7, 11) is 0. The van der Waals surface area contributed by atoms with Crippen molar-refractivity contribution in [1.82, 2.24) is 9.80 Å². The molecule has 0 spiro atoms. The molecule has 4 nitrogen and oxygen atoms in total. The van der Waals surface area contributed by atoms with E-state index in [0.717, 1.165) is 38.9 Å². The van der Waals surface area contributed by atoms with Crippen molar-refractivity contribution in [3.63, 3.8) is 0 Å². The summed E-state index contributed by atoms with van der Waals surface area (Å²) in [4.78, 5) is 18.7. The highest BCUT2D eigenvalue weighted by Crippen LogP contribution is 2.36. The largest absolute Gasteiger partial charge is 0.333 e. The summed E-state index contributed by atoms with van der Waals surface area (Å²) in [6.45, 7) is 7.81. The first-order valence-electron chi connectivity index (χ1n) is 8.32. The summed E-state index contributed by atoms with van der Waals surface area (Å²) in [6, 6.07) is 4.50. The van der Waals surface area contributed by atoms with E-state index in [1.807, 2.05) is 0 Å². The molecule has 0 aromatic carbocycles. The molecule has 5 heteroatoms. The number of amides is 1. The summed E-state index contributed by atoms with van der Waals surface area (Å²) in [5.74, 6) is 0.289. The quantitative estimate of drug-likeness (QED) is 0.927. The molecule has 2 N–H and O–H groups in total. The predicted octanol–water partition coefficient (Wildman–Crippen LogP) is 2.47. The fourth-order valence-corrected chi connectivity index (χ4v) is 4.64. The highest BCUT2D eigenvalue weighted by Gasteiger charge is 2.40. The zero-order valence-electron chi connectivity index (χ0n) is 13.6. The Bertz CT molecular complexity index is 518. The summed E-state index contributed by atoms with van der Waals surface area (Å²) in [5, 5.41) is 2.10. The molecule has 2 aliphatic heterocycles. The molecule has 3 heterocycles. The average molecular weight is 321 g/mol. The van der Waals surface area contributed by atoms with E-state index in [2.05, 4.69) is 41.2 Å². The van der Waals surface area contributed by atoms with Gasteiger partial charge in [-0.25, -0.2) is 0 Å². The van der Waals surface area contributed by atoms with E-state index >= 15 is 0 Å². The Morgan fingerprint density at radius 3 is 3.00 bits per heavy atom. The van der Waals surface area contributed by atoms with E-state index < -0.39 is 0 Å². The van der Waals surface area contributed by atoms with Gasteiger partial charge in [0.05, 0.1) is 12.1 Å². The number of rotatable bonds is 4. The number of hydrogen-bond donors (Lipinski definition) is 1. The maximum absolute atomic E-state index is 13.0. The fourth-order valence-electron chi connectivity index (χ4n) is 3.76. The first-order valence-corrected chi connectivity index (χ1v) is 9.20. The lowest BCUT2D eigenvalue weighted by atomic mass is 9.90. The second-order valence-corrected chi connectivity index (χ2v) is 8.10. The van der Waals surface area contributed by atoms with Crippen LogP contribution in [0.5, 0.6) is 0 Å². The summed E-state index contributed by atoms with van der Waals surface area (Å²) in [6.07, 6.45) is 3.30. The Labute approximate surface area is 137 Å². The van der Waals surface area contributed by atoms with Gasteiger partial charge in [-0.15, -0.1) is 11.3 Å². The topological polar surface area (TPSA) is 49.6 Å². The highest BCUT2D eigenvalue weighted by molar-refractivity contribution is 7.10. The molecule has 2 aliphatic rings. The molecule has 1 aromatic rings. The van der Waals surface area contributed by atoms with Crippen molar-refractivity contribution >= 4 is 17.2 Å². The van der Waals surface area contributed by atoms with Crippen molar-refractivity contribution in [2.24, 2.45) is 11.1 Å². The van der Waals surface area contributed by atoms with E-state index in [1.165, 1.54) is 4.88 Å². The van der Waals surface area contributed by atoms with Gasteiger partial charge in [-0.1, -0.05) is 13.0 Å². The lowest BCUT2D eigenvalue weighted by molar-refractivity contribution is -0.137. The summed E-state index contributed by atoms with van der Waals surface area (Å²) < 4.78 is 0. The molecule has 2 fully saturated rings. The van der Waals surface area contributed by atoms with Crippen LogP contribution in [0.15, 0.2) is 17.5 Å². The lowest BCUT2D eigenvalue weighted by Crippen LogP contribution is -2.46. The van der Waals surface area contributed by atoms with Crippen LogP contribution in [0.2, 0.25) is 0 Å². The Morgan fingerprint density at radius 1 is 1.55 bits per heavy atom. The first-order chi connectivity index (χ1) is 10.5. The normalized spacial score (nSPS) is 30.9. The molecule has 3 rings (SSSR count). The van der Waals surface area contributed by atoms with Crippen molar-refractivity contribution < 1.29 is 4.79 Å². The molecule has 3 unspecified atom stereocenters. The van der Waals surface area contributed by atoms with Gasteiger partial charge in [0.15, 0.2) is 0 Å². The average Bonchev–Trinajstić information content (AvgIpc) is 3.25. The zero-order chi connectivity index (χ0) is 15.7. The molecular formula is C17H27N3OS. The van der Waals surface area contributed by atoms with Gasteiger partial charge in [0.2, 0.25) is 5.91 Å². The predicted molar refractivity (Wildman–Crippen MR) is 90.8 cm³/mol. The minimum atomic E-state index is -0.0334. The number of hydrogen-bond acceptors (Lipinski definition) is 4. The number of nitrogens with zero attached hydrogens (tertiary/aromatic N) is 2. The Hall–Kier alpha value is -0.910. The number of carbonyl (C=O) groups excluding carboxylic acids is 1. The standard InChI is InChI=1S/C17H27N3OS/c1-13(19-9-7-17(2,11-18)12-19)16(21)20-8-3-5-14(20)15-6-4-10-22-15/h4,6,10,13-14H,3,5,7-9,11-12,18H2,1-2H3. The first kappa shape index (κ1) is 16.0. The third-order valence-electron chi connectivity index (χ3n) is 5.39. The third kappa shape index (κ3) is 2.94. The second-order valence-electron chi connectivity index (χ2n) is 7.12. The molecule has 0 bridgehead atoms. The molecule has 2 saturated heterocycles. The number of nitrogens with two attached hydrogens (primary N) is 1. The number of carbonyl (C=O) groups is 1. The number of thiophene rings is 1. The van der Waals surface area contributed by atoms with Gasteiger partial charge in [0.1, 0.15) is 0 Å². The molecule has 122 valence electrons. The minimum Gasteiger partial charge on any atom is -0.333 e. The van der Waals surface area contributed by atoms with Crippen LogP contribution >= 0.6 is 11.3 Å². The van der Waals surface area contributed by atoms with Gasteiger partial charge in [-0.3, -0.25) is 9.69 Å². The molecule has 0 saturated carbocycles. The summed E-state index contributed by atoms with van der Waals surface area (Å²) >= 11 is 1.76. The molecular weight excluding hydrogens is 294 g/mol. The Kier molecular flexibility index (Phi) is 4.57. The molecule has 0 radical (unpaired) electrons. The van der Waals surface area contributed by atoms with E-state index in [1.54, 1.807) is 11.3 Å². The summed E-state index contributed by atoms with van der Waals surface area (Å²) in [5.41, 5.74) is 6.07. The van der Waals surface area contributed by atoms with Crippen LogP contribution in [-0.2, 0) is 4.79 Å². The molecule has 1 amide bonds. The van der Waals surface area contributed by atoms with Crippen molar-refractivity contribution in [1.29, 1.82) is 0 Å². The van der Waals surface area contributed by atoms with Crippen LogP contribution in [0.1, 0.15) is 44.0 Å². The van der Waals surface area contributed by atoms with Gasteiger partial charge < -0.3 is 10.6 Å². The van der Waals surface area contributed by atoms with Crippen LogP contribution in [0.4, 0.5) is 0 Å².